The Bertz CT molecular complexity index is 479. The molecule has 0 spiro atoms. The van der Waals surface area contributed by atoms with Gasteiger partial charge in [-0.3, -0.25) is 9.59 Å². The molecule has 0 fully saturated rings. The van der Waals surface area contributed by atoms with E-state index in [1.165, 1.54) is 6.92 Å². The SMILES string of the molecule is CCCNC(=O)C(C)NC(=O)c1cc(F)cnc1N. The van der Waals surface area contributed by atoms with Crippen LogP contribution in [0.1, 0.15) is 30.6 Å². The summed E-state index contributed by atoms with van der Waals surface area (Å²) in [4.78, 5) is 26.9. The second-order valence-electron chi connectivity index (χ2n) is 4.07. The first-order valence-electron chi connectivity index (χ1n) is 5.95. The molecule has 1 aromatic rings. The zero-order valence-corrected chi connectivity index (χ0v) is 10.9. The van der Waals surface area contributed by atoms with Crippen molar-refractivity contribution < 1.29 is 14.0 Å². The lowest BCUT2D eigenvalue weighted by molar-refractivity contribution is -0.122. The van der Waals surface area contributed by atoms with Gasteiger partial charge < -0.3 is 16.4 Å². The summed E-state index contributed by atoms with van der Waals surface area (Å²) < 4.78 is 13.0. The standard InChI is InChI=1S/C12H17FN4O2/c1-3-4-15-11(18)7(2)17-12(19)9-5-8(13)6-16-10(9)14/h5-7H,3-4H2,1-2H3,(H2,14,16)(H,15,18)(H,17,19). The molecule has 0 aliphatic heterocycles. The first kappa shape index (κ1) is 14.9. The highest BCUT2D eigenvalue weighted by Gasteiger charge is 2.18. The van der Waals surface area contributed by atoms with Crippen LogP contribution in [0, 0.1) is 5.82 Å². The summed E-state index contributed by atoms with van der Waals surface area (Å²) in [7, 11) is 0. The summed E-state index contributed by atoms with van der Waals surface area (Å²) in [6, 6.07) is 0.246. The van der Waals surface area contributed by atoms with Gasteiger partial charge in [-0.25, -0.2) is 9.37 Å². The van der Waals surface area contributed by atoms with Crippen LogP contribution in [0.15, 0.2) is 12.3 Å². The van der Waals surface area contributed by atoms with E-state index in [1.807, 2.05) is 6.92 Å². The number of aromatic nitrogens is 1. The number of nitrogens with one attached hydrogen (secondary N) is 2. The molecule has 1 rings (SSSR count). The van der Waals surface area contributed by atoms with Crippen LogP contribution in [0.3, 0.4) is 0 Å². The average molecular weight is 268 g/mol. The van der Waals surface area contributed by atoms with Crippen LogP contribution in [0.25, 0.3) is 0 Å². The number of rotatable bonds is 5. The highest BCUT2D eigenvalue weighted by atomic mass is 19.1. The van der Waals surface area contributed by atoms with Crippen LogP contribution < -0.4 is 16.4 Å². The number of anilines is 1. The van der Waals surface area contributed by atoms with Gasteiger partial charge in [-0.2, -0.15) is 0 Å². The Morgan fingerprint density at radius 1 is 1.53 bits per heavy atom. The fourth-order valence-electron chi connectivity index (χ4n) is 1.37. The Hall–Kier alpha value is -2.18. The predicted molar refractivity (Wildman–Crippen MR) is 68.8 cm³/mol. The highest BCUT2D eigenvalue weighted by Crippen LogP contribution is 2.09. The van der Waals surface area contributed by atoms with Gasteiger partial charge in [0.1, 0.15) is 17.7 Å². The lowest BCUT2D eigenvalue weighted by Gasteiger charge is -2.14. The van der Waals surface area contributed by atoms with E-state index in [1.54, 1.807) is 0 Å². The molecule has 1 aromatic heterocycles. The maximum atomic E-state index is 13.0. The average Bonchev–Trinajstić information content (AvgIpc) is 2.38. The zero-order chi connectivity index (χ0) is 14.4. The molecule has 1 unspecified atom stereocenters. The number of hydrogen-bond donors (Lipinski definition) is 3. The lowest BCUT2D eigenvalue weighted by atomic mass is 10.2. The summed E-state index contributed by atoms with van der Waals surface area (Å²) in [6.45, 7) is 3.98. The van der Waals surface area contributed by atoms with Crippen molar-refractivity contribution in [1.29, 1.82) is 0 Å². The molecule has 0 bridgehead atoms. The maximum absolute atomic E-state index is 13.0. The van der Waals surface area contributed by atoms with Crippen molar-refractivity contribution in [3.8, 4) is 0 Å². The zero-order valence-electron chi connectivity index (χ0n) is 10.9. The van der Waals surface area contributed by atoms with E-state index in [0.29, 0.717) is 6.54 Å². The quantitative estimate of drug-likeness (QED) is 0.722. The molecule has 2 amide bonds. The van der Waals surface area contributed by atoms with Gasteiger partial charge in [0.05, 0.1) is 11.8 Å². The molecule has 0 aromatic carbocycles. The minimum absolute atomic E-state index is 0.0833. The van der Waals surface area contributed by atoms with Crippen molar-refractivity contribution in [2.24, 2.45) is 0 Å². The van der Waals surface area contributed by atoms with Gasteiger partial charge >= 0.3 is 0 Å². The molecular formula is C12H17FN4O2. The van der Waals surface area contributed by atoms with Crippen LogP contribution in [0.5, 0.6) is 0 Å². The van der Waals surface area contributed by atoms with Gasteiger partial charge in [0.15, 0.2) is 0 Å². The summed E-state index contributed by atoms with van der Waals surface area (Å²) in [5.74, 6) is -1.69. The van der Waals surface area contributed by atoms with Crippen LogP contribution in [-0.4, -0.2) is 29.4 Å². The van der Waals surface area contributed by atoms with Gasteiger partial charge in [0, 0.05) is 6.54 Å². The summed E-state index contributed by atoms with van der Waals surface area (Å²) in [6.07, 6.45) is 1.72. The Morgan fingerprint density at radius 3 is 2.84 bits per heavy atom. The largest absolute Gasteiger partial charge is 0.383 e. The van der Waals surface area contributed by atoms with Crippen LogP contribution in [0.2, 0.25) is 0 Å². The molecular weight excluding hydrogens is 251 g/mol. The first-order chi connectivity index (χ1) is 8.95. The minimum Gasteiger partial charge on any atom is -0.383 e. The van der Waals surface area contributed by atoms with Crippen molar-refractivity contribution in [1.82, 2.24) is 15.6 Å². The Balaban J connectivity index is 2.68. The third-order valence-corrected chi connectivity index (χ3v) is 2.42. The maximum Gasteiger partial charge on any atom is 0.255 e. The Labute approximate surface area is 110 Å². The van der Waals surface area contributed by atoms with Gasteiger partial charge in [0.25, 0.3) is 5.91 Å². The van der Waals surface area contributed by atoms with E-state index in [9.17, 15) is 14.0 Å². The van der Waals surface area contributed by atoms with Gasteiger partial charge in [0.2, 0.25) is 5.91 Å². The predicted octanol–water partition coefficient (Wildman–Crippen LogP) is 0.447. The third-order valence-electron chi connectivity index (χ3n) is 2.42. The second-order valence-corrected chi connectivity index (χ2v) is 4.07. The molecule has 4 N–H and O–H groups in total. The van der Waals surface area contributed by atoms with Gasteiger partial charge in [-0.1, -0.05) is 6.92 Å². The van der Waals surface area contributed by atoms with E-state index in [-0.39, 0.29) is 17.3 Å². The van der Waals surface area contributed by atoms with Crippen LogP contribution in [0.4, 0.5) is 10.2 Å². The smallest absolute Gasteiger partial charge is 0.255 e. The molecule has 7 heteroatoms. The van der Waals surface area contributed by atoms with Crippen LogP contribution in [-0.2, 0) is 4.79 Å². The summed E-state index contributed by atoms with van der Waals surface area (Å²) in [5, 5.41) is 5.08. The molecule has 0 aliphatic rings. The number of pyridine rings is 1. The lowest BCUT2D eigenvalue weighted by Crippen LogP contribution is -2.45. The van der Waals surface area contributed by atoms with Crippen molar-refractivity contribution in [3.63, 3.8) is 0 Å². The summed E-state index contributed by atoms with van der Waals surface area (Å²) in [5.41, 5.74) is 5.40. The molecule has 1 heterocycles. The number of carbonyl (C=O) groups excluding carboxylic acids is 2. The number of nitrogens with two attached hydrogens (primary N) is 1. The van der Waals surface area contributed by atoms with Crippen molar-refractivity contribution >= 4 is 17.6 Å². The topological polar surface area (TPSA) is 97.1 Å². The second kappa shape index (κ2) is 6.67. The van der Waals surface area contributed by atoms with Gasteiger partial charge in [-0.15, -0.1) is 0 Å². The molecule has 6 nitrogen and oxygen atoms in total. The number of hydrogen-bond acceptors (Lipinski definition) is 4. The van der Waals surface area contributed by atoms with Crippen LogP contribution >= 0.6 is 0 Å². The molecule has 0 radical (unpaired) electrons. The molecule has 104 valence electrons. The monoisotopic (exact) mass is 268 g/mol. The minimum atomic E-state index is -0.735. The number of nitrogens with zero attached hydrogens (tertiary/aromatic N) is 1. The fourth-order valence-corrected chi connectivity index (χ4v) is 1.37. The Morgan fingerprint density at radius 2 is 2.21 bits per heavy atom. The number of amides is 2. The van der Waals surface area contributed by atoms with Crippen molar-refractivity contribution in [2.45, 2.75) is 26.3 Å². The highest BCUT2D eigenvalue weighted by molar-refractivity contribution is 6.00. The third kappa shape index (κ3) is 4.20. The van der Waals surface area contributed by atoms with E-state index >= 15 is 0 Å². The molecule has 1 atom stereocenters. The van der Waals surface area contributed by atoms with Gasteiger partial charge in [-0.05, 0) is 19.4 Å². The van der Waals surface area contributed by atoms with E-state index in [2.05, 4.69) is 15.6 Å². The normalized spacial score (nSPS) is 11.7. The number of halogens is 1. The first-order valence-corrected chi connectivity index (χ1v) is 5.95. The molecule has 0 saturated carbocycles. The molecule has 19 heavy (non-hydrogen) atoms. The van der Waals surface area contributed by atoms with E-state index in [4.69, 9.17) is 5.73 Å². The van der Waals surface area contributed by atoms with E-state index in [0.717, 1.165) is 18.7 Å². The van der Waals surface area contributed by atoms with Crippen molar-refractivity contribution in [3.05, 3.63) is 23.6 Å². The molecule has 0 saturated heterocycles. The molecule has 0 aliphatic carbocycles. The fraction of sp³-hybridized carbons (Fsp3) is 0.417. The Kier molecular flexibility index (Phi) is 5.23. The number of nitrogen functional groups attached to an aromatic ring is 1. The number of carbonyl (C=O) groups is 2. The van der Waals surface area contributed by atoms with E-state index < -0.39 is 17.8 Å². The van der Waals surface area contributed by atoms with Crippen molar-refractivity contribution in [2.75, 3.05) is 12.3 Å². The summed E-state index contributed by atoms with van der Waals surface area (Å²) >= 11 is 0.